The molecular weight excluding hydrogens is 1050 g/mol. The molecule has 6 rings (SSSR count). The summed E-state index contributed by atoms with van der Waals surface area (Å²) in [7, 11) is 0. The van der Waals surface area contributed by atoms with Crippen LogP contribution in [-0.4, -0.2) is 23.7 Å². The molecule has 58 heavy (non-hydrogen) atoms. The molecule has 1 aromatic heterocycles. The van der Waals surface area contributed by atoms with Crippen LogP contribution in [0, 0.1) is 28.1 Å². The van der Waals surface area contributed by atoms with Crippen molar-refractivity contribution in [1.29, 1.82) is 10.5 Å². The van der Waals surface area contributed by atoms with Crippen LogP contribution >= 0.6 is 60.9 Å². The maximum atomic E-state index is 11.8. The van der Waals surface area contributed by atoms with Crippen LogP contribution in [0.25, 0.3) is 22.7 Å². The minimum atomic E-state index is -2.29. The molecule has 9 heteroatoms. The van der Waals surface area contributed by atoms with E-state index >= 15 is 0 Å². The molecule has 0 saturated heterocycles. The predicted octanol–water partition coefficient (Wildman–Crippen LogP) is 13.9. The number of hydrogen-bond acceptors (Lipinski definition) is 5. The van der Waals surface area contributed by atoms with Crippen molar-refractivity contribution < 1.29 is 0 Å². The van der Waals surface area contributed by atoms with Crippen molar-refractivity contribution in [2.45, 2.75) is 73.6 Å². The third kappa shape index (κ3) is 8.37. The molecule has 3 aliphatic rings. The molecule has 3 aromatic rings. The normalized spacial score (nSPS) is 18.1. The monoisotopic (exact) mass is 1110 g/mol. The Hall–Kier alpha value is -4.05. The largest absolute Gasteiger partial charge is 0.336 e. The molecule has 1 aliphatic carbocycles. The molecule has 1 N–H and O–H groups in total. The second kappa shape index (κ2) is 19.8. The third-order valence-corrected chi connectivity index (χ3v) is 21.4. The number of rotatable bonds is 18. The lowest BCUT2D eigenvalue weighted by Gasteiger charge is -2.32. The molecule has 0 spiro atoms. The van der Waals surface area contributed by atoms with Crippen LogP contribution < -0.4 is 11.5 Å². The highest BCUT2D eigenvalue weighted by Gasteiger charge is 2.51. The highest BCUT2D eigenvalue weighted by atomic mass is 127. The van der Waals surface area contributed by atoms with E-state index in [9.17, 15) is 10.5 Å². The molecule has 6 nitrogen and oxygen atoms in total. The maximum Gasteiger partial charge on any atom is 0.105 e. The molecule has 1 atom stereocenters. The highest BCUT2D eigenvalue weighted by Crippen LogP contribution is 2.62. The second-order valence-electron chi connectivity index (χ2n) is 14.1. The van der Waals surface area contributed by atoms with Gasteiger partial charge in [-0.15, -0.1) is 20.7 Å². The fourth-order valence-corrected chi connectivity index (χ4v) is 18.7. The van der Waals surface area contributed by atoms with E-state index in [1.54, 1.807) is 0 Å². The number of halogens is 3. The van der Waals surface area contributed by atoms with Crippen LogP contribution in [0.15, 0.2) is 122 Å². The predicted molar refractivity (Wildman–Crippen MR) is 282 cm³/mol. The number of aromatic nitrogens is 1. The molecular formula is C49H53I3N6. The zero-order valence-electron chi connectivity index (χ0n) is 34.4. The average Bonchev–Trinajstić information content (AvgIpc) is 3.49. The molecule has 0 radical (unpaired) electrons. The van der Waals surface area contributed by atoms with Crippen LogP contribution in [-0.2, 0) is 0 Å². The van der Waals surface area contributed by atoms with Crippen molar-refractivity contribution in [2.75, 3.05) is 16.1 Å². The summed E-state index contributed by atoms with van der Waals surface area (Å²) < 4.78 is 15.7. The van der Waals surface area contributed by atoms with E-state index in [4.69, 9.17) is 0 Å². The molecule has 0 saturated carbocycles. The lowest BCUT2D eigenvalue weighted by Crippen LogP contribution is -2.21. The summed E-state index contributed by atoms with van der Waals surface area (Å²) in [6, 6.07) is 14.0. The average molecular weight is 1110 g/mol. The number of hydrogen-bond donors (Lipinski definition) is 1. The van der Waals surface area contributed by atoms with Crippen LogP contribution in [0.3, 0.4) is 0 Å². The van der Waals surface area contributed by atoms with Crippen LogP contribution in [0.2, 0.25) is 0 Å². The quantitative estimate of drug-likeness (QED) is 0.0452. The van der Waals surface area contributed by atoms with Crippen molar-refractivity contribution in [3.63, 3.8) is 0 Å². The van der Waals surface area contributed by atoms with E-state index in [1.807, 2.05) is 12.2 Å². The van der Waals surface area contributed by atoms with Crippen LogP contribution in [0.1, 0.15) is 90.3 Å². The number of nitrogens with one attached hydrogen (secondary N) is 1. The smallest absolute Gasteiger partial charge is 0.105 e. The number of alkyl halides is 1. The first-order chi connectivity index (χ1) is 28.3. The van der Waals surface area contributed by atoms with E-state index < -0.39 is 60.9 Å². The summed E-state index contributed by atoms with van der Waals surface area (Å²) in [4.78, 5) is 2.22. The Labute approximate surface area is 372 Å². The fourth-order valence-electron chi connectivity index (χ4n) is 7.37. The Morgan fingerprint density at radius 3 is 2.45 bits per heavy atom. The van der Waals surface area contributed by atoms with E-state index in [-0.39, 0.29) is 5.41 Å². The first-order valence-corrected chi connectivity index (χ1v) is 28.0. The fraction of sp³-hybridized carbons (Fsp3) is 0.265. The Balaban J connectivity index is 1.84. The van der Waals surface area contributed by atoms with Gasteiger partial charge in [-0.1, -0.05) is 114 Å². The molecule has 2 aromatic carbocycles. The van der Waals surface area contributed by atoms with Gasteiger partial charge in [-0.05, 0) is 96.1 Å². The van der Waals surface area contributed by atoms with Gasteiger partial charge in [0.1, 0.15) is 23.3 Å². The van der Waals surface area contributed by atoms with Crippen molar-refractivity contribution in [2.24, 2.45) is 5.41 Å². The number of nitrogens with zero attached hydrogens (tertiary/aromatic N) is 5. The van der Waals surface area contributed by atoms with Crippen molar-refractivity contribution in [1.82, 2.24) is 4.57 Å². The van der Waals surface area contributed by atoms with Crippen molar-refractivity contribution >= 4 is 109 Å². The SMILES string of the molecule is C=CC=ICN(/C=C/C=C\CC)c1c(C#N)c(-n2cc(/C=C\CC)c3ccccc32)c(N2C(C=C)=CC3=I2=C(C)C2=C[C@@]23C)c(C#N)c1NI=C(/C=C\CC)CCC. The zero-order valence-corrected chi connectivity index (χ0v) is 40.9. The second-order valence-corrected chi connectivity index (χ2v) is 24.1. The molecule has 0 unspecified atom stereocenters. The van der Waals surface area contributed by atoms with Gasteiger partial charge in [-0.2, -0.15) is 10.5 Å². The molecule has 0 amide bonds. The maximum absolute atomic E-state index is 11.8. The minimum Gasteiger partial charge on any atom is -0.336 e. The number of fused-ring (bicyclic) bond motifs is 3. The van der Waals surface area contributed by atoms with Crippen molar-refractivity contribution in [3.05, 3.63) is 139 Å². The van der Waals surface area contributed by atoms with Crippen LogP contribution in [0.4, 0.5) is 17.1 Å². The van der Waals surface area contributed by atoms with E-state index in [0.29, 0.717) is 15.7 Å². The van der Waals surface area contributed by atoms with Crippen LogP contribution in [0.5, 0.6) is 0 Å². The number of benzene rings is 2. The van der Waals surface area contributed by atoms with Crippen molar-refractivity contribution in [3.8, 4) is 17.8 Å². The van der Waals surface area contributed by atoms with E-state index in [1.165, 1.54) is 16.1 Å². The Morgan fingerprint density at radius 2 is 1.76 bits per heavy atom. The summed E-state index contributed by atoms with van der Waals surface area (Å²) in [6.45, 7) is 21.6. The van der Waals surface area contributed by atoms with Gasteiger partial charge in [0.2, 0.25) is 0 Å². The number of nitriles is 2. The topological polar surface area (TPSA) is 71.0 Å². The van der Waals surface area contributed by atoms with E-state index in [2.05, 4.69) is 178 Å². The molecule has 3 heterocycles. The minimum absolute atomic E-state index is 0.0394. The van der Waals surface area contributed by atoms with Gasteiger partial charge in [0.25, 0.3) is 0 Å². The number of allylic oxidation sites excluding steroid dienone is 11. The Kier molecular flexibility index (Phi) is 14.9. The summed E-state index contributed by atoms with van der Waals surface area (Å²) in [5.41, 5.74) is 8.56. The third-order valence-electron chi connectivity index (χ3n) is 10.2. The first-order valence-electron chi connectivity index (χ1n) is 19.9. The molecule has 2 aliphatic heterocycles. The lowest BCUT2D eigenvalue weighted by molar-refractivity contribution is 0.903. The summed E-state index contributed by atoms with van der Waals surface area (Å²) in [6.07, 6.45) is 32.7. The Bertz CT molecular complexity index is 2580. The molecule has 0 bridgehead atoms. The van der Waals surface area contributed by atoms with Gasteiger partial charge in [-0.3, -0.25) is 3.11 Å². The van der Waals surface area contributed by atoms with Gasteiger partial charge < -0.3 is 13.0 Å². The Morgan fingerprint density at radius 1 is 1.00 bits per heavy atom. The van der Waals surface area contributed by atoms with E-state index in [0.717, 1.165) is 77.0 Å². The molecule has 300 valence electrons. The van der Waals surface area contributed by atoms with Gasteiger partial charge in [-0.25, -0.2) is 0 Å². The van der Waals surface area contributed by atoms with Gasteiger partial charge in [0.15, 0.2) is 0 Å². The summed E-state index contributed by atoms with van der Waals surface area (Å²) >= 11 is -3.52. The number of anilines is 3. The summed E-state index contributed by atoms with van der Waals surface area (Å²) in [5, 5.41) is 24.6. The first kappa shape index (κ1) is 43.5. The van der Waals surface area contributed by atoms with Gasteiger partial charge in [0, 0.05) is 56.8 Å². The zero-order chi connectivity index (χ0) is 41.4. The standard InChI is InChI=1S/C49H53I3N6/c1-9-15-18-21-28-56(34-50-27-13-5)46-41(32-54)47(57-33-36(23-16-10-2)39-25-19-20-26-43(39)57)48(40(31-53)45(46)55-51-37(22-12-4)24-17-11-3)58-38(14-6)29-44-49(8)30-42(49)35(7)52(44)58/h13-21,23-30,33,55H,5-6,9-12,22,34H2,1-4,7-8H3/b18-15-,23-16-,24-17-,28-21+/t49-/m0/s1. The highest BCUT2D eigenvalue weighted by molar-refractivity contribution is 14.2. The molecule has 0 fully saturated rings. The van der Waals surface area contributed by atoms with Gasteiger partial charge >= 0.3 is 0 Å². The number of para-hydroxylation sites is 1. The van der Waals surface area contributed by atoms with Gasteiger partial charge in [0.05, 0.1) is 38.5 Å². The lowest BCUT2D eigenvalue weighted by atomic mass is 9.96. The summed E-state index contributed by atoms with van der Waals surface area (Å²) in [5.74, 6) is 0.